The minimum atomic E-state index is 0.541. The average molecular weight is 208 g/mol. The van der Waals surface area contributed by atoms with Gasteiger partial charge in [-0.05, 0) is 19.4 Å². The summed E-state index contributed by atoms with van der Waals surface area (Å²) in [5.74, 6) is 1.31. The van der Waals surface area contributed by atoms with Gasteiger partial charge in [0.2, 0.25) is 5.88 Å². The normalized spacial score (nSPS) is 20.2. The third kappa shape index (κ3) is 2.79. The van der Waals surface area contributed by atoms with Crippen LogP contribution in [0, 0.1) is 0 Å². The van der Waals surface area contributed by atoms with Crippen molar-refractivity contribution in [2.75, 3.05) is 25.5 Å². The molecule has 1 aromatic rings. The van der Waals surface area contributed by atoms with E-state index in [0.717, 1.165) is 18.9 Å². The summed E-state index contributed by atoms with van der Waals surface area (Å²) in [6.07, 6.45) is 5.79. The molecule has 1 unspecified atom stereocenters. The van der Waals surface area contributed by atoms with Gasteiger partial charge >= 0.3 is 0 Å². The van der Waals surface area contributed by atoms with Crippen molar-refractivity contribution in [2.45, 2.75) is 18.9 Å². The Morgan fingerprint density at radius 3 is 3.27 bits per heavy atom. The predicted octanol–water partition coefficient (Wildman–Crippen LogP) is 0.649. The number of anilines is 1. The molecule has 0 bridgehead atoms. The van der Waals surface area contributed by atoms with E-state index in [4.69, 9.17) is 4.74 Å². The van der Waals surface area contributed by atoms with E-state index in [2.05, 4.69) is 20.6 Å². The van der Waals surface area contributed by atoms with Crippen LogP contribution in [-0.4, -0.2) is 36.2 Å². The number of aromatic nitrogens is 2. The Hall–Kier alpha value is -1.36. The number of rotatable bonds is 4. The number of nitrogens with zero attached hydrogens (tertiary/aromatic N) is 2. The fraction of sp³-hybridized carbons (Fsp3) is 0.600. The molecule has 2 rings (SSSR count). The lowest BCUT2D eigenvalue weighted by molar-refractivity contribution is 0.396. The highest BCUT2D eigenvalue weighted by Crippen LogP contribution is 2.10. The maximum atomic E-state index is 5.00. The van der Waals surface area contributed by atoms with Crippen molar-refractivity contribution in [1.82, 2.24) is 15.3 Å². The molecule has 1 aliphatic rings. The Morgan fingerprint density at radius 2 is 2.53 bits per heavy atom. The highest BCUT2D eigenvalue weighted by Gasteiger charge is 2.13. The molecule has 2 N–H and O–H groups in total. The molecule has 1 aromatic heterocycles. The number of nitrogens with one attached hydrogen (secondary N) is 2. The minimum Gasteiger partial charge on any atom is -0.480 e. The van der Waals surface area contributed by atoms with Crippen molar-refractivity contribution in [3.8, 4) is 5.88 Å². The first-order valence-corrected chi connectivity index (χ1v) is 5.22. The standard InChI is InChI=1S/C10H16N4O/c1-15-10-7-11-6-9(14-10)13-5-8-3-2-4-12-8/h6-8,12H,2-5H2,1H3,(H,13,14). The highest BCUT2D eigenvalue weighted by molar-refractivity contribution is 5.33. The summed E-state index contributed by atoms with van der Waals surface area (Å²) in [7, 11) is 1.59. The van der Waals surface area contributed by atoms with Gasteiger partial charge < -0.3 is 15.4 Å². The number of ether oxygens (including phenoxy) is 1. The molecule has 1 atom stereocenters. The van der Waals surface area contributed by atoms with E-state index in [1.165, 1.54) is 12.8 Å². The Labute approximate surface area is 89.3 Å². The van der Waals surface area contributed by atoms with Gasteiger partial charge in [0.15, 0.2) is 0 Å². The minimum absolute atomic E-state index is 0.541. The van der Waals surface area contributed by atoms with E-state index >= 15 is 0 Å². The molecule has 1 fully saturated rings. The molecule has 0 aromatic carbocycles. The van der Waals surface area contributed by atoms with Crippen LogP contribution in [0.25, 0.3) is 0 Å². The van der Waals surface area contributed by atoms with Crippen LogP contribution in [0.4, 0.5) is 5.82 Å². The van der Waals surface area contributed by atoms with E-state index < -0.39 is 0 Å². The fourth-order valence-corrected chi connectivity index (χ4v) is 1.69. The van der Waals surface area contributed by atoms with Crippen LogP contribution in [-0.2, 0) is 0 Å². The number of hydrogen-bond donors (Lipinski definition) is 2. The Bertz CT molecular complexity index is 312. The second kappa shape index (κ2) is 4.93. The fourth-order valence-electron chi connectivity index (χ4n) is 1.69. The Morgan fingerprint density at radius 1 is 1.60 bits per heavy atom. The van der Waals surface area contributed by atoms with E-state index in [1.54, 1.807) is 19.5 Å². The zero-order chi connectivity index (χ0) is 10.5. The quantitative estimate of drug-likeness (QED) is 0.760. The molecule has 5 heteroatoms. The SMILES string of the molecule is COc1cncc(NCC2CCCN2)n1. The molecule has 5 nitrogen and oxygen atoms in total. The third-order valence-electron chi connectivity index (χ3n) is 2.51. The molecule has 82 valence electrons. The first-order valence-electron chi connectivity index (χ1n) is 5.22. The molecule has 0 saturated carbocycles. The predicted molar refractivity (Wildman–Crippen MR) is 58.1 cm³/mol. The van der Waals surface area contributed by atoms with Gasteiger partial charge in [0.05, 0.1) is 19.5 Å². The van der Waals surface area contributed by atoms with Crippen LogP contribution in [0.2, 0.25) is 0 Å². The van der Waals surface area contributed by atoms with Crippen molar-refractivity contribution >= 4 is 5.82 Å². The van der Waals surface area contributed by atoms with E-state index in [-0.39, 0.29) is 0 Å². The summed E-state index contributed by atoms with van der Waals surface area (Å²) < 4.78 is 5.00. The molecule has 2 heterocycles. The van der Waals surface area contributed by atoms with Crippen molar-refractivity contribution < 1.29 is 4.74 Å². The second-order valence-electron chi connectivity index (χ2n) is 3.62. The van der Waals surface area contributed by atoms with Crippen molar-refractivity contribution in [1.29, 1.82) is 0 Å². The molecular formula is C10H16N4O. The Balaban J connectivity index is 1.86. The average Bonchev–Trinajstić information content (AvgIpc) is 2.79. The van der Waals surface area contributed by atoms with Gasteiger partial charge in [-0.15, -0.1) is 0 Å². The number of methoxy groups -OCH3 is 1. The molecule has 0 amide bonds. The summed E-state index contributed by atoms with van der Waals surface area (Å²) in [6.45, 7) is 2.01. The molecule has 1 saturated heterocycles. The van der Waals surface area contributed by atoms with Gasteiger partial charge in [-0.25, -0.2) is 0 Å². The number of hydrogen-bond acceptors (Lipinski definition) is 5. The summed E-state index contributed by atoms with van der Waals surface area (Å²) in [5.41, 5.74) is 0. The van der Waals surface area contributed by atoms with Gasteiger partial charge in [-0.3, -0.25) is 4.98 Å². The maximum absolute atomic E-state index is 5.00. The largest absolute Gasteiger partial charge is 0.480 e. The highest BCUT2D eigenvalue weighted by atomic mass is 16.5. The van der Waals surface area contributed by atoms with Gasteiger partial charge in [0.25, 0.3) is 0 Å². The van der Waals surface area contributed by atoms with Gasteiger partial charge in [0.1, 0.15) is 5.82 Å². The summed E-state index contributed by atoms with van der Waals surface area (Å²) in [4.78, 5) is 8.26. The maximum Gasteiger partial charge on any atom is 0.233 e. The molecule has 0 radical (unpaired) electrons. The zero-order valence-electron chi connectivity index (χ0n) is 8.86. The van der Waals surface area contributed by atoms with Crippen molar-refractivity contribution in [2.24, 2.45) is 0 Å². The summed E-state index contributed by atoms with van der Waals surface area (Å²) >= 11 is 0. The lowest BCUT2D eigenvalue weighted by Crippen LogP contribution is -2.29. The van der Waals surface area contributed by atoms with Crippen LogP contribution in [0.3, 0.4) is 0 Å². The van der Waals surface area contributed by atoms with E-state index in [9.17, 15) is 0 Å². The van der Waals surface area contributed by atoms with Gasteiger partial charge in [-0.2, -0.15) is 4.98 Å². The van der Waals surface area contributed by atoms with Crippen LogP contribution < -0.4 is 15.4 Å². The summed E-state index contributed by atoms with van der Waals surface area (Å²) in [6, 6.07) is 0.554. The molecule has 1 aliphatic heterocycles. The lowest BCUT2D eigenvalue weighted by atomic mass is 10.2. The van der Waals surface area contributed by atoms with Crippen molar-refractivity contribution in [3.05, 3.63) is 12.4 Å². The monoisotopic (exact) mass is 208 g/mol. The van der Waals surface area contributed by atoms with Crippen LogP contribution >= 0.6 is 0 Å². The van der Waals surface area contributed by atoms with Crippen LogP contribution in [0.15, 0.2) is 12.4 Å². The lowest BCUT2D eigenvalue weighted by Gasteiger charge is -2.11. The Kier molecular flexibility index (Phi) is 3.34. The first-order chi connectivity index (χ1) is 7.38. The van der Waals surface area contributed by atoms with Gasteiger partial charge in [-0.1, -0.05) is 0 Å². The van der Waals surface area contributed by atoms with Crippen LogP contribution in [0.5, 0.6) is 5.88 Å². The third-order valence-corrected chi connectivity index (χ3v) is 2.51. The van der Waals surface area contributed by atoms with E-state index in [1.807, 2.05) is 0 Å². The second-order valence-corrected chi connectivity index (χ2v) is 3.62. The van der Waals surface area contributed by atoms with Gasteiger partial charge in [0, 0.05) is 12.6 Å². The summed E-state index contributed by atoms with van der Waals surface area (Å²) in [5, 5.41) is 6.66. The molecule has 0 aliphatic carbocycles. The molecule has 15 heavy (non-hydrogen) atoms. The zero-order valence-corrected chi connectivity index (χ0v) is 8.86. The first kappa shape index (κ1) is 10.2. The topological polar surface area (TPSA) is 59.1 Å². The van der Waals surface area contributed by atoms with Crippen LogP contribution in [0.1, 0.15) is 12.8 Å². The smallest absolute Gasteiger partial charge is 0.233 e. The van der Waals surface area contributed by atoms with E-state index in [0.29, 0.717) is 11.9 Å². The molecule has 0 spiro atoms. The molecular weight excluding hydrogens is 192 g/mol. The van der Waals surface area contributed by atoms with Crippen molar-refractivity contribution in [3.63, 3.8) is 0 Å².